The molecule has 0 fully saturated rings. The largest absolute Gasteiger partial charge is 0.493 e. The molecule has 0 saturated heterocycles. The second-order valence-electron chi connectivity index (χ2n) is 4.68. The van der Waals surface area contributed by atoms with Crippen LogP contribution in [0.1, 0.15) is 12.5 Å². The number of carbonyl (C=O) groups excluding carboxylic acids is 1. The zero-order valence-electron chi connectivity index (χ0n) is 12.9. The van der Waals surface area contributed by atoms with Gasteiger partial charge in [-0.25, -0.2) is 5.43 Å². The molecule has 0 aliphatic carbocycles. The summed E-state index contributed by atoms with van der Waals surface area (Å²) in [5.41, 5.74) is 4.14. The highest BCUT2D eigenvalue weighted by Crippen LogP contribution is 2.29. The van der Waals surface area contributed by atoms with Gasteiger partial charge in [0.25, 0.3) is 5.91 Å². The summed E-state index contributed by atoms with van der Waals surface area (Å²) >= 11 is 3.35. The first-order valence-corrected chi connectivity index (χ1v) is 7.74. The summed E-state index contributed by atoms with van der Waals surface area (Å²) in [6, 6.07) is 14.9. The van der Waals surface area contributed by atoms with E-state index in [9.17, 15) is 4.79 Å². The Morgan fingerprint density at radius 1 is 1.17 bits per heavy atom. The van der Waals surface area contributed by atoms with Crippen molar-refractivity contribution < 1.29 is 14.3 Å². The number of benzene rings is 2. The van der Waals surface area contributed by atoms with Crippen molar-refractivity contribution in [3.63, 3.8) is 0 Å². The van der Waals surface area contributed by atoms with Crippen molar-refractivity contribution in [2.24, 2.45) is 5.10 Å². The van der Waals surface area contributed by atoms with Crippen LogP contribution in [-0.2, 0) is 4.79 Å². The minimum Gasteiger partial charge on any atom is -0.493 e. The molecular weight excluding hydrogens is 360 g/mol. The number of hydrazone groups is 1. The number of ether oxygens (including phenoxy) is 2. The molecule has 120 valence electrons. The number of rotatable bonds is 6. The maximum absolute atomic E-state index is 11.8. The predicted molar refractivity (Wildman–Crippen MR) is 93.0 cm³/mol. The van der Waals surface area contributed by atoms with Gasteiger partial charge in [0.1, 0.15) is 0 Å². The molecule has 1 amide bonds. The fourth-order valence-electron chi connectivity index (χ4n) is 1.83. The monoisotopic (exact) mass is 376 g/mol. The van der Waals surface area contributed by atoms with E-state index in [1.54, 1.807) is 19.2 Å². The number of amides is 1. The molecule has 2 aromatic carbocycles. The molecule has 0 saturated carbocycles. The average Bonchev–Trinajstić information content (AvgIpc) is 2.59. The lowest BCUT2D eigenvalue weighted by Crippen LogP contribution is -2.25. The molecule has 0 heterocycles. The predicted octanol–water partition coefficient (Wildman–Crippen LogP) is 3.38. The van der Waals surface area contributed by atoms with Gasteiger partial charge in [-0.2, -0.15) is 5.10 Å². The molecule has 23 heavy (non-hydrogen) atoms. The minimum absolute atomic E-state index is 0.149. The summed E-state index contributed by atoms with van der Waals surface area (Å²) in [7, 11) is 1.54. The highest BCUT2D eigenvalue weighted by molar-refractivity contribution is 9.10. The first-order chi connectivity index (χ1) is 11.1. The molecule has 0 bridgehead atoms. The molecule has 2 rings (SSSR count). The smallest absolute Gasteiger partial charge is 0.277 e. The van der Waals surface area contributed by atoms with E-state index in [0.717, 1.165) is 15.7 Å². The molecule has 6 heteroatoms. The summed E-state index contributed by atoms with van der Waals surface area (Å²) in [4.78, 5) is 11.8. The van der Waals surface area contributed by atoms with Gasteiger partial charge in [0, 0.05) is 4.47 Å². The molecule has 0 radical (unpaired) electrons. The molecule has 0 aliphatic rings. The summed E-state index contributed by atoms with van der Waals surface area (Å²) in [6.45, 7) is 1.68. The van der Waals surface area contributed by atoms with E-state index in [1.807, 2.05) is 43.3 Å². The van der Waals surface area contributed by atoms with Gasteiger partial charge < -0.3 is 9.47 Å². The molecule has 5 nitrogen and oxygen atoms in total. The molecule has 0 aromatic heterocycles. The fourth-order valence-corrected chi connectivity index (χ4v) is 2.17. The van der Waals surface area contributed by atoms with E-state index in [-0.39, 0.29) is 12.5 Å². The minimum atomic E-state index is -0.342. The Bertz CT molecular complexity index is 702. The second kappa shape index (κ2) is 8.33. The highest BCUT2D eigenvalue weighted by Gasteiger charge is 2.08. The molecule has 0 aliphatic heterocycles. The van der Waals surface area contributed by atoms with Gasteiger partial charge in [0.15, 0.2) is 18.1 Å². The van der Waals surface area contributed by atoms with Crippen LogP contribution in [0, 0.1) is 0 Å². The van der Waals surface area contributed by atoms with Crippen LogP contribution in [-0.4, -0.2) is 25.3 Å². The van der Waals surface area contributed by atoms with Gasteiger partial charge in [0.2, 0.25) is 0 Å². The third kappa shape index (κ3) is 5.10. The van der Waals surface area contributed by atoms with Crippen molar-refractivity contribution in [1.82, 2.24) is 5.43 Å². The van der Waals surface area contributed by atoms with Crippen LogP contribution in [0.2, 0.25) is 0 Å². The normalized spacial score (nSPS) is 11.0. The van der Waals surface area contributed by atoms with Crippen LogP contribution < -0.4 is 14.9 Å². The molecule has 2 aromatic rings. The van der Waals surface area contributed by atoms with Crippen molar-refractivity contribution in [2.75, 3.05) is 13.7 Å². The van der Waals surface area contributed by atoms with Gasteiger partial charge >= 0.3 is 0 Å². The van der Waals surface area contributed by atoms with Crippen LogP contribution >= 0.6 is 15.9 Å². The van der Waals surface area contributed by atoms with Gasteiger partial charge in [-0.1, -0.05) is 46.3 Å². The van der Waals surface area contributed by atoms with Crippen molar-refractivity contribution in [3.05, 3.63) is 58.6 Å². The van der Waals surface area contributed by atoms with Crippen LogP contribution in [0.25, 0.3) is 0 Å². The molecule has 1 N–H and O–H groups in total. The second-order valence-corrected chi connectivity index (χ2v) is 5.60. The Morgan fingerprint density at radius 3 is 2.61 bits per heavy atom. The van der Waals surface area contributed by atoms with E-state index in [0.29, 0.717) is 11.5 Å². The number of methoxy groups -OCH3 is 1. The SMILES string of the molecule is COc1cc(Br)ccc1OCC(=O)N/N=C(\C)c1ccccc1. The van der Waals surface area contributed by atoms with Gasteiger partial charge in [0.05, 0.1) is 12.8 Å². The summed E-state index contributed by atoms with van der Waals surface area (Å²) in [5, 5.41) is 4.06. The maximum atomic E-state index is 11.8. The van der Waals surface area contributed by atoms with Gasteiger partial charge in [-0.05, 0) is 30.7 Å². The Morgan fingerprint density at radius 2 is 1.91 bits per heavy atom. The lowest BCUT2D eigenvalue weighted by atomic mass is 10.1. The summed E-state index contributed by atoms with van der Waals surface area (Å²) in [5.74, 6) is 0.705. The Labute approximate surface area is 143 Å². The number of nitrogens with zero attached hydrogens (tertiary/aromatic N) is 1. The third-order valence-electron chi connectivity index (χ3n) is 3.02. The molecule has 0 atom stereocenters. The van der Waals surface area contributed by atoms with Gasteiger partial charge in [-0.3, -0.25) is 4.79 Å². The van der Waals surface area contributed by atoms with E-state index in [2.05, 4.69) is 26.5 Å². The van der Waals surface area contributed by atoms with E-state index in [4.69, 9.17) is 9.47 Å². The standard InChI is InChI=1S/C17H17BrN2O3/c1-12(13-6-4-3-5-7-13)19-20-17(21)11-23-15-9-8-14(18)10-16(15)22-2/h3-10H,11H2,1-2H3,(H,20,21)/b19-12+. The lowest BCUT2D eigenvalue weighted by Gasteiger charge is -2.10. The fraction of sp³-hybridized carbons (Fsp3) is 0.176. The summed E-state index contributed by atoms with van der Waals surface area (Å²) in [6.07, 6.45) is 0. The first kappa shape index (κ1) is 17.0. The zero-order valence-corrected chi connectivity index (χ0v) is 14.5. The number of carbonyl (C=O) groups is 1. The number of hydrogen-bond acceptors (Lipinski definition) is 4. The average molecular weight is 377 g/mol. The van der Waals surface area contributed by atoms with E-state index >= 15 is 0 Å². The van der Waals surface area contributed by atoms with E-state index < -0.39 is 0 Å². The van der Waals surface area contributed by atoms with Crippen molar-refractivity contribution in [2.45, 2.75) is 6.92 Å². The van der Waals surface area contributed by atoms with Crippen molar-refractivity contribution in [1.29, 1.82) is 0 Å². The highest BCUT2D eigenvalue weighted by atomic mass is 79.9. The van der Waals surface area contributed by atoms with Crippen LogP contribution in [0.3, 0.4) is 0 Å². The van der Waals surface area contributed by atoms with Gasteiger partial charge in [-0.15, -0.1) is 0 Å². The molecule has 0 spiro atoms. The quantitative estimate of drug-likeness (QED) is 0.620. The molecule has 0 unspecified atom stereocenters. The molecular formula is C17H17BrN2O3. The van der Waals surface area contributed by atoms with Crippen molar-refractivity contribution >= 4 is 27.5 Å². The van der Waals surface area contributed by atoms with E-state index in [1.165, 1.54) is 0 Å². The van der Waals surface area contributed by atoms with Crippen LogP contribution in [0.5, 0.6) is 11.5 Å². The first-order valence-electron chi connectivity index (χ1n) is 6.95. The van der Waals surface area contributed by atoms with Crippen LogP contribution in [0.4, 0.5) is 0 Å². The Balaban J connectivity index is 1.91. The number of halogens is 1. The van der Waals surface area contributed by atoms with Crippen LogP contribution in [0.15, 0.2) is 58.1 Å². The third-order valence-corrected chi connectivity index (χ3v) is 3.52. The maximum Gasteiger partial charge on any atom is 0.277 e. The Hall–Kier alpha value is -2.34. The Kier molecular flexibility index (Phi) is 6.17. The summed E-state index contributed by atoms with van der Waals surface area (Å²) < 4.78 is 11.5. The zero-order chi connectivity index (χ0) is 16.7. The lowest BCUT2D eigenvalue weighted by molar-refractivity contribution is -0.123. The topological polar surface area (TPSA) is 59.9 Å². The number of nitrogens with one attached hydrogen (secondary N) is 1. The van der Waals surface area contributed by atoms with Crippen molar-refractivity contribution in [3.8, 4) is 11.5 Å². The number of hydrogen-bond donors (Lipinski definition) is 1.